The Balaban J connectivity index is 2.16. The number of aromatic nitrogens is 4. The van der Waals surface area contributed by atoms with Crippen molar-refractivity contribution in [3.05, 3.63) is 38.8 Å². The first kappa shape index (κ1) is 14.0. The van der Waals surface area contributed by atoms with Gasteiger partial charge in [-0.3, -0.25) is 9.48 Å². The van der Waals surface area contributed by atoms with E-state index in [-0.39, 0.29) is 17.3 Å². The van der Waals surface area contributed by atoms with Gasteiger partial charge < -0.3 is 15.0 Å². The predicted octanol–water partition coefficient (Wildman–Crippen LogP) is 0.977. The molecule has 2 aromatic rings. The zero-order valence-corrected chi connectivity index (χ0v) is 11.5. The van der Waals surface area contributed by atoms with Crippen molar-refractivity contribution in [3.63, 3.8) is 0 Å². The van der Waals surface area contributed by atoms with Crippen LogP contribution in [0.5, 0.6) is 0 Å². The zero-order chi connectivity index (χ0) is 14.9. The van der Waals surface area contributed by atoms with Crippen molar-refractivity contribution < 1.29 is 9.72 Å². The summed E-state index contributed by atoms with van der Waals surface area (Å²) in [4.78, 5) is 23.3. The van der Waals surface area contributed by atoms with Crippen LogP contribution in [0.25, 0.3) is 0 Å². The summed E-state index contributed by atoms with van der Waals surface area (Å²) in [6, 6.07) is 1.76. The molecule has 0 fully saturated rings. The molecule has 0 saturated carbocycles. The van der Waals surface area contributed by atoms with E-state index in [0.29, 0.717) is 5.69 Å². The van der Waals surface area contributed by atoms with Crippen molar-refractivity contribution in [1.29, 1.82) is 0 Å². The molecular formula is C10H11ClN6O3. The molecular weight excluding hydrogens is 288 g/mol. The summed E-state index contributed by atoms with van der Waals surface area (Å²) in [5.74, 6) is -1.02. The van der Waals surface area contributed by atoms with Gasteiger partial charge in [0.2, 0.25) is 0 Å². The molecule has 0 atom stereocenters. The maximum atomic E-state index is 12.1. The SMILES string of the molecule is CN(Cc1ccn(C)n1)C(=O)c1n[nH]c([N+](=O)[O-])c1Cl. The quantitative estimate of drug-likeness (QED) is 0.668. The van der Waals surface area contributed by atoms with E-state index >= 15 is 0 Å². The first-order chi connectivity index (χ1) is 9.40. The number of carbonyl (C=O) groups is 1. The van der Waals surface area contributed by atoms with Crippen LogP contribution in [0.4, 0.5) is 5.82 Å². The Labute approximate surface area is 118 Å². The van der Waals surface area contributed by atoms with E-state index in [2.05, 4.69) is 15.3 Å². The largest absolute Gasteiger partial charge is 0.362 e. The number of hydrogen-bond acceptors (Lipinski definition) is 5. The number of hydrogen-bond donors (Lipinski definition) is 1. The molecule has 0 saturated heterocycles. The minimum absolute atomic E-state index is 0.184. The molecule has 2 rings (SSSR count). The molecule has 1 N–H and O–H groups in total. The van der Waals surface area contributed by atoms with Gasteiger partial charge in [0, 0.05) is 20.3 Å². The number of nitrogens with one attached hydrogen (secondary N) is 1. The Kier molecular flexibility index (Phi) is 3.70. The zero-order valence-electron chi connectivity index (χ0n) is 10.7. The van der Waals surface area contributed by atoms with E-state index in [9.17, 15) is 14.9 Å². The van der Waals surface area contributed by atoms with Crippen molar-refractivity contribution in [2.24, 2.45) is 7.05 Å². The lowest BCUT2D eigenvalue weighted by atomic mass is 10.3. The summed E-state index contributed by atoms with van der Waals surface area (Å²) in [5.41, 5.74) is 0.501. The van der Waals surface area contributed by atoms with Gasteiger partial charge in [-0.1, -0.05) is 16.7 Å². The summed E-state index contributed by atoms with van der Waals surface area (Å²) in [6.07, 6.45) is 1.75. The van der Waals surface area contributed by atoms with Crippen LogP contribution in [0.15, 0.2) is 12.3 Å². The lowest BCUT2D eigenvalue weighted by Crippen LogP contribution is -2.27. The first-order valence-corrected chi connectivity index (χ1v) is 5.90. The third-order valence-corrected chi connectivity index (χ3v) is 2.95. The molecule has 0 aliphatic rings. The number of nitro groups is 1. The fraction of sp³-hybridized carbons (Fsp3) is 0.300. The molecule has 0 aliphatic heterocycles. The monoisotopic (exact) mass is 298 g/mol. The van der Waals surface area contributed by atoms with E-state index in [0.717, 1.165) is 0 Å². The highest BCUT2D eigenvalue weighted by Crippen LogP contribution is 2.25. The summed E-state index contributed by atoms with van der Waals surface area (Å²) < 4.78 is 1.61. The number of rotatable bonds is 4. The number of H-pyrrole nitrogens is 1. The van der Waals surface area contributed by atoms with Gasteiger partial charge in [0.05, 0.1) is 12.2 Å². The summed E-state index contributed by atoms with van der Waals surface area (Å²) in [7, 11) is 3.30. The molecule has 0 aliphatic carbocycles. The second-order valence-corrected chi connectivity index (χ2v) is 4.51. The number of amides is 1. The Morgan fingerprint density at radius 3 is 2.85 bits per heavy atom. The summed E-state index contributed by atoms with van der Waals surface area (Å²) >= 11 is 5.76. The third-order valence-electron chi connectivity index (χ3n) is 2.59. The molecule has 106 valence electrons. The maximum absolute atomic E-state index is 12.1. The Morgan fingerprint density at radius 1 is 1.65 bits per heavy atom. The lowest BCUT2D eigenvalue weighted by molar-refractivity contribution is -0.389. The van der Waals surface area contributed by atoms with Crippen molar-refractivity contribution in [1.82, 2.24) is 24.9 Å². The molecule has 1 amide bonds. The second kappa shape index (κ2) is 5.29. The van der Waals surface area contributed by atoms with Gasteiger partial charge in [0.1, 0.15) is 0 Å². The molecule has 0 bridgehead atoms. The average Bonchev–Trinajstić information content (AvgIpc) is 2.94. The third kappa shape index (κ3) is 2.62. The Hall–Kier alpha value is -2.42. The van der Waals surface area contributed by atoms with Crippen molar-refractivity contribution >= 4 is 23.3 Å². The van der Waals surface area contributed by atoms with Gasteiger partial charge in [0.25, 0.3) is 5.91 Å². The van der Waals surface area contributed by atoms with Crippen LogP contribution in [0.1, 0.15) is 16.2 Å². The standard InChI is InChI=1S/C10H11ClN6O3/c1-15(5-6-3-4-16(2)14-6)10(18)8-7(11)9(13-12-8)17(19)20/h3-4H,5H2,1-2H3,(H,12,13). The van der Waals surface area contributed by atoms with E-state index in [1.807, 2.05) is 0 Å². The van der Waals surface area contributed by atoms with Gasteiger partial charge in [-0.05, 0) is 11.0 Å². The molecule has 20 heavy (non-hydrogen) atoms. The molecule has 10 heteroatoms. The fourth-order valence-corrected chi connectivity index (χ4v) is 1.86. The van der Waals surface area contributed by atoms with Crippen LogP contribution in [0.3, 0.4) is 0 Å². The van der Waals surface area contributed by atoms with Gasteiger partial charge in [-0.2, -0.15) is 5.10 Å². The van der Waals surface area contributed by atoms with Crippen LogP contribution in [0, 0.1) is 10.1 Å². The average molecular weight is 299 g/mol. The predicted molar refractivity (Wildman–Crippen MR) is 69.3 cm³/mol. The highest BCUT2D eigenvalue weighted by atomic mass is 35.5. The number of aryl methyl sites for hydroxylation is 1. The molecule has 0 spiro atoms. The number of carbonyl (C=O) groups excluding carboxylic acids is 1. The van der Waals surface area contributed by atoms with Gasteiger partial charge >= 0.3 is 5.82 Å². The van der Waals surface area contributed by atoms with Crippen LogP contribution < -0.4 is 0 Å². The number of halogens is 1. The van der Waals surface area contributed by atoms with Crippen molar-refractivity contribution in [3.8, 4) is 0 Å². The minimum Gasteiger partial charge on any atom is -0.358 e. The highest BCUT2D eigenvalue weighted by Gasteiger charge is 2.27. The fourth-order valence-electron chi connectivity index (χ4n) is 1.62. The molecule has 0 unspecified atom stereocenters. The second-order valence-electron chi connectivity index (χ2n) is 4.13. The normalized spacial score (nSPS) is 10.6. The topological polar surface area (TPSA) is 110 Å². The highest BCUT2D eigenvalue weighted by molar-refractivity contribution is 6.35. The lowest BCUT2D eigenvalue weighted by Gasteiger charge is -2.13. The van der Waals surface area contributed by atoms with Gasteiger partial charge in [-0.25, -0.2) is 0 Å². The van der Waals surface area contributed by atoms with Crippen LogP contribution in [-0.4, -0.2) is 42.8 Å². The van der Waals surface area contributed by atoms with Crippen molar-refractivity contribution in [2.75, 3.05) is 7.05 Å². The molecule has 0 radical (unpaired) electrons. The molecule has 2 aromatic heterocycles. The van der Waals surface area contributed by atoms with E-state index in [1.54, 1.807) is 24.0 Å². The van der Waals surface area contributed by atoms with Gasteiger partial charge in [-0.15, -0.1) is 5.10 Å². The minimum atomic E-state index is -0.731. The maximum Gasteiger partial charge on any atom is 0.362 e. The van der Waals surface area contributed by atoms with E-state index < -0.39 is 16.6 Å². The van der Waals surface area contributed by atoms with Crippen LogP contribution in [-0.2, 0) is 13.6 Å². The van der Waals surface area contributed by atoms with E-state index in [1.165, 1.54) is 11.9 Å². The Bertz CT molecular complexity index is 664. The number of nitrogens with zero attached hydrogens (tertiary/aromatic N) is 5. The smallest absolute Gasteiger partial charge is 0.358 e. The van der Waals surface area contributed by atoms with E-state index in [4.69, 9.17) is 11.6 Å². The number of aromatic amines is 1. The Morgan fingerprint density at radius 2 is 2.35 bits per heavy atom. The summed E-state index contributed by atoms with van der Waals surface area (Å²) in [6.45, 7) is 0.247. The molecule has 9 nitrogen and oxygen atoms in total. The van der Waals surface area contributed by atoms with Crippen LogP contribution >= 0.6 is 11.6 Å². The molecule has 0 aromatic carbocycles. The van der Waals surface area contributed by atoms with Crippen LogP contribution in [0.2, 0.25) is 5.02 Å². The van der Waals surface area contributed by atoms with Crippen molar-refractivity contribution in [2.45, 2.75) is 6.54 Å². The van der Waals surface area contributed by atoms with Gasteiger partial charge in [0.15, 0.2) is 10.7 Å². The summed E-state index contributed by atoms with van der Waals surface area (Å²) in [5, 5.41) is 20.2. The molecule has 2 heterocycles. The first-order valence-electron chi connectivity index (χ1n) is 5.52.